The molecule has 0 fully saturated rings. The molecule has 29 heavy (non-hydrogen) atoms. The van der Waals surface area contributed by atoms with E-state index in [1.807, 2.05) is 60.8 Å². The molecule has 0 aliphatic carbocycles. The zero-order valence-corrected chi connectivity index (χ0v) is 16.0. The molecule has 140 valence electrons. The Hall–Kier alpha value is -3.63. The van der Waals surface area contributed by atoms with Crippen molar-refractivity contribution < 1.29 is 9.21 Å². The van der Waals surface area contributed by atoms with Crippen molar-refractivity contribution in [2.24, 2.45) is 0 Å². The minimum Gasteiger partial charge on any atom is -0.452 e. The number of ketones is 1. The molecule has 0 saturated carbocycles. The summed E-state index contributed by atoms with van der Waals surface area (Å²) in [5.74, 6) is 0.0986. The molecule has 0 aliphatic rings. The van der Waals surface area contributed by atoms with Crippen LogP contribution in [0.25, 0.3) is 27.8 Å². The molecule has 3 aromatic carbocycles. The Kier molecular flexibility index (Phi) is 4.26. The van der Waals surface area contributed by atoms with Crippen LogP contribution in [0.4, 0.5) is 0 Å². The zero-order valence-electron chi connectivity index (χ0n) is 15.2. The van der Waals surface area contributed by atoms with Crippen LogP contribution in [0.5, 0.6) is 0 Å². The number of hydrogen-bond acceptors (Lipinski definition) is 3. The Bertz CT molecular complexity index is 1320. The molecule has 0 radical (unpaired) electrons. The van der Waals surface area contributed by atoms with E-state index in [2.05, 4.69) is 5.10 Å². The molecule has 0 bridgehead atoms. The third-order valence-electron chi connectivity index (χ3n) is 4.80. The molecule has 0 spiro atoms. The Morgan fingerprint density at radius 2 is 1.62 bits per heavy atom. The van der Waals surface area contributed by atoms with Crippen LogP contribution in [0.2, 0.25) is 5.02 Å². The van der Waals surface area contributed by atoms with Gasteiger partial charge in [-0.25, -0.2) is 4.68 Å². The highest BCUT2D eigenvalue weighted by molar-refractivity contribution is 6.30. The third kappa shape index (κ3) is 3.13. The fourth-order valence-electron chi connectivity index (χ4n) is 3.40. The number of benzene rings is 3. The summed E-state index contributed by atoms with van der Waals surface area (Å²) in [6, 6.07) is 24.3. The van der Waals surface area contributed by atoms with Crippen LogP contribution in [-0.2, 0) is 0 Å². The lowest BCUT2D eigenvalue weighted by Crippen LogP contribution is -2.01. The second kappa shape index (κ2) is 7.08. The van der Waals surface area contributed by atoms with Gasteiger partial charge in [-0.05, 0) is 42.5 Å². The largest absolute Gasteiger partial charge is 0.452 e. The average Bonchev–Trinajstić information content (AvgIpc) is 3.39. The van der Waals surface area contributed by atoms with Gasteiger partial charge in [0.1, 0.15) is 5.58 Å². The molecule has 0 unspecified atom stereocenters. The van der Waals surface area contributed by atoms with Gasteiger partial charge in [0.05, 0.1) is 11.9 Å². The molecule has 5 heteroatoms. The van der Waals surface area contributed by atoms with Crippen molar-refractivity contribution in [3.05, 3.63) is 108 Å². The predicted molar refractivity (Wildman–Crippen MR) is 114 cm³/mol. The van der Waals surface area contributed by atoms with E-state index in [1.165, 1.54) is 0 Å². The molecule has 0 amide bonds. The summed E-state index contributed by atoms with van der Waals surface area (Å²) in [6.45, 7) is 0. The minimum absolute atomic E-state index is 0.194. The maximum Gasteiger partial charge on any atom is 0.228 e. The number of furan rings is 1. The van der Waals surface area contributed by atoms with Crippen LogP contribution >= 0.6 is 11.6 Å². The second-order valence-electron chi connectivity index (χ2n) is 6.65. The normalized spacial score (nSPS) is 11.1. The van der Waals surface area contributed by atoms with Gasteiger partial charge in [-0.1, -0.05) is 48.0 Å². The Morgan fingerprint density at radius 1 is 0.897 bits per heavy atom. The van der Waals surface area contributed by atoms with Gasteiger partial charge >= 0.3 is 0 Å². The molecule has 0 aliphatic heterocycles. The average molecular weight is 399 g/mol. The van der Waals surface area contributed by atoms with Crippen LogP contribution in [0.3, 0.4) is 0 Å². The molecule has 0 N–H and O–H groups in total. The topological polar surface area (TPSA) is 48.0 Å². The number of carbonyl (C=O) groups is 1. The van der Waals surface area contributed by atoms with Crippen molar-refractivity contribution in [2.75, 3.05) is 0 Å². The van der Waals surface area contributed by atoms with Gasteiger partial charge < -0.3 is 4.42 Å². The summed E-state index contributed by atoms with van der Waals surface area (Å²) in [7, 11) is 0. The molecular weight excluding hydrogens is 384 g/mol. The Labute approximate surface area is 172 Å². The zero-order chi connectivity index (χ0) is 19.8. The highest BCUT2D eigenvalue weighted by Gasteiger charge is 2.24. The summed E-state index contributed by atoms with van der Waals surface area (Å²) in [6.07, 6.45) is 3.66. The minimum atomic E-state index is -0.194. The third-order valence-corrected chi connectivity index (χ3v) is 5.05. The van der Waals surface area contributed by atoms with E-state index in [0.29, 0.717) is 21.9 Å². The van der Waals surface area contributed by atoms with Gasteiger partial charge in [0.25, 0.3) is 0 Å². The van der Waals surface area contributed by atoms with Crippen molar-refractivity contribution in [1.82, 2.24) is 9.78 Å². The molecule has 5 rings (SSSR count). The van der Waals surface area contributed by atoms with Gasteiger partial charge in [0, 0.05) is 33.3 Å². The number of carbonyl (C=O) groups excluding carboxylic acids is 1. The maximum absolute atomic E-state index is 13.2. The monoisotopic (exact) mass is 398 g/mol. The van der Waals surface area contributed by atoms with Crippen LogP contribution in [0, 0.1) is 0 Å². The SMILES string of the molecule is O=C(c1ccc(Cl)cc1)c1oc2ccccc2c1-c1cnn(-c2ccccc2)c1. The lowest BCUT2D eigenvalue weighted by atomic mass is 10.00. The lowest BCUT2D eigenvalue weighted by Gasteiger charge is -2.02. The first-order valence-electron chi connectivity index (χ1n) is 9.13. The smallest absolute Gasteiger partial charge is 0.228 e. The molecule has 2 aromatic heterocycles. The number of para-hydroxylation sites is 2. The second-order valence-corrected chi connectivity index (χ2v) is 7.08. The summed E-state index contributed by atoms with van der Waals surface area (Å²) in [4.78, 5) is 13.2. The van der Waals surface area contributed by atoms with Gasteiger partial charge in [0.15, 0.2) is 5.76 Å². The highest BCUT2D eigenvalue weighted by Crippen LogP contribution is 2.36. The van der Waals surface area contributed by atoms with Crippen LogP contribution in [0.1, 0.15) is 16.1 Å². The summed E-state index contributed by atoms with van der Waals surface area (Å²) in [5, 5.41) is 5.93. The van der Waals surface area contributed by atoms with Crippen molar-refractivity contribution in [1.29, 1.82) is 0 Å². The van der Waals surface area contributed by atoms with Crippen LogP contribution in [-0.4, -0.2) is 15.6 Å². The molecule has 4 nitrogen and oxygen atoms in total. The first kappa shape index (κ1) is 17.5. The van der Waals surface area contributed by atoms with Gasteiger partial charge in [-0.3, -0.25) is 4.79 Å². The van der Waals surface area contributed by atoms with Gasteiger partial charge in [0.2, 0.25) is 5.78 Å². The summed E-state index contributed by atoms with van der Waals surface area (Å²) in [5.41, 5.74) is 3.67. The first-order valence-corrected chi connectivity index (χ1v) is 9.51. The van der Waals surface area contributed by atoms with E-state index in [4.69, 9.17) is 16.0 Å². The first-order chi connectivity index (χ1) is 14.2. The molecular formula is C24H15ClN2O2. The maximum atomic E-state index is 13.2. The number of aromatic nitrogens is 2. The van der Waals surface area contributed by atoms with Crippen molar-refractivity contribution in [3.8, 4) is 16.8 Å². The van der Waals surface area contributed by atoms with E-state index < -0.39 is 0 Å². The highest BCUT2D eigenvalue weighted by atomic mass is 35.5. The molecule has 0 atom stereocenters. The van der Waals surface area contributed by atoms with Gasteiger partial charge in [-0.15, -0.1) is 0 Å². The fraction of sp³-hybridized carbons (Fsp3) is 0. The quantitative estimate of drug-likeness (QED) is 0.340. The van der Waals surface area contributed by atoms with E-state index >= 15 is 0 Å². The molecule has 2 heterocycles. The Morgan fingerprint density at radius 3 is 2.41 bits per heavy atom. The van der Waals surface area contributed by atoms with E-state index in [-0.39, 0.29) is 5.78 Å². The summed E-state index contributed by atoms with van der Waals surface area (Å²) >= 11 is 5.97. The van der Waals surface area contributed by atoms with Crippen LogP contribution < -0.4 is 0 Å². The predicted octanol–water partition coefficient (Wildman–Crippen LogP) is 6.17. The number of fused-ring (bicyclic) bond motifs is 1. The number of nitrogens with zero attached hydrogens (tertiary/aromatic N) is 2. The van der Waals surface area contributed by atoms with Gasteiger partial charge in [-0.2, -0.15) is 5.10 Å². The molecule has 0 saturated heterocycles. The van der Waals surface area contributed by atoms with E-state index in [1.54, 1.807) is 35.1 Å². The fourth-order valence-corrected chi connectivity index (χ4v) is 3.52. The standard InChI is InChI=1S/C24H15ClN2O2/c25-18-12-10-16(11-13-18)23(28)24-22(20-8-4-5-9-21(20)29-24)17-14-26-27(15-17)19-6-2-1-3-7-19/h1-15H. The lowest BCUT2D eigenvalue weighted by molar-refractivity contribution is 0.101. The van der Waals surface area contributed by atoms with Crippen molar-refractivity contribution >= 4 is 28.4 Å². The van der Waals surface area contributed by atoms with E-state index in [0.717, 1.165) is 22.2 Å². The van der Waals surface area contributed by atoms with E-state index in [9.17, 15) is 4.79 Å². The van der Waals surface area contributed by atoms with Crippen LogP contribution in [0.15, 0.2) is 95.7 Å². The molecule has 5 aromatic rings. The number of hydrogen-bond donors (Lipinski definition) is 0. The van der Waals surface area contributed by atoms with Crippen molar-refractivity contribution in [3.63, 3.8) is 0 Å². The summed E-state index contributed by atoms with van der Waals surface area (Å²) < 4.78 is 7.78. The number of rotatable bonds is 4. The van der Waals surface area contributed by atoms with Crippen molar-refractivity contribution in [2.45, 2.75) is 0 Å². The number of halogens is 1. The Balaban J connectivity index is 1.67.